The first-order valence-electron chi connectivity index (χ1n) is 12.8. The molecule has 0 saturated heterocycles. The molecule has 9 heteroatoms. The van der Waals surface area contributed by atoms with Crippen molar-refractivity contribution in [2.24, 2.45) is 0 Å². The minimum absolute atomic E-state index is 0.250. The second-order valence-electron chi connectivity index (χ2n) is 9.06. The van der Waals surface area contributed by atoms with Crippen molar-refractivity contribution in [1.29, 1.82) is 0 Å². The fourth-order valence-corrected chi connectivity index (χ4v) is 4.37. The molecule has 0 fully saturated rings. The van der Waals surface area contributed by atoms with Crippen LogP contribution in [0.25, 0.3) is 6.08 Å². The van der Waals surface area contributed by atoms with Crippen LogP contribution in [0.1, 0.15) is 34.5 Å². The van der Waals surface area contributed by atoms with Crippen molar-refractivity contribution >= 4 is 35.1 Å². The van der Waals surface area contributed by atoms with Gasteiger partial charge in [-0.15, -0.1) is 0 Å². The van der Waals surface area contributed by atoms with Crippen LogP contribution in [-0.2, 0) is 4.79 Å². The minimum atomic E-state index is -0.307. The Morgan fingerprint density at radius 2 is 1.56 bits per heavy atom. The third-order valence-corrected chi connectivity index (χ3v) is 6.46. The summed E-state index contributed by atoms with van der Waals surface area (Å²) in [5.41, 5.74) is 8.96. The number of nitrogens with two attached hydrogens (primary N) is 1. The molecule has 3 N–H and O–H groups in total. The molecule has 0 saturated carbocycles. The number of amides is 2. The number of benzene rings is 3. The van der Waals surface area contributed by atoms with E-state index in [1.54, 1.807) is 59.5 Å². The summed E-state index contributed by atoms with van der Waals surface area (Å²) in [5.74, 6) is 1.18. The van der Waals surface area contributed by atoms with Crippen LogP contribution < -0.4 is 30.2 Å². The van der Waals surface area contributed by atoms with Gasteiger partial charge in [0.05, 0.1) is 27.4 Å². The summed E-state index contributed by atoms with van der Waals surface area (Å²) in [7, 11) is 4.61. The second kappa shape index (κ2) is 13.2. The summed E-state index contributed by atoms with van der Waals surface area (Å²) < 4.78 is 16.3. The molecule has 41 heavy (non-hydrogen) atoms. The Labute approximate surface area is 239 Å². The van der Waals surface area contributed by atoms with Crippen molar-refractivity contribution in [3.63, 3.8) is 0 Å². The average Bonchev–Trinajstić information content (AvgIpc) is 3.00. The first-order chi connectivity index (χ1) is 19.8. The summed E-state index contributed by atoms with van der Waals surface area (Å²) >= 11 is 0. The Morgan fingerprint density at radius 3 is 2.15 bits per heavy atom. The molecular formula is C32H32N4O5. The largest absolute Gasteiger partial charge is 0.493 e. The van der Waals surface area contributed by atoms with E-state index in [1.807, 2.05) is 37.3 Å². The monoisotopic (exact) mass is 552 g/mol. The molecule has 0 aliphatic rings. The first kappa shape index (κ1) is 28.7. The van der Waals surface area contributed by atoms with Gasteiger partial charge in [-0.2, -0.15) is 0 Å². The van der Waals surface area contributed by atoms with E-state index in [9.17, 15) is 9.59 Å². The van der Waals surface area contributed by atoms with Gasteiger partial charge in [0, 0.05) is 35.3 Å². The second-order valence-corrected chi connectivity index (χ2v) is 9.06. The minimum Gasteiger partial charge on any atom is -0.493 e. The third-order valence-electron chi connectivity index (χ3n) is 6.46. The Bertz CT molecular complexity index is 1510. The lowest BCUT2D eigenvalue weighted by molar-refractivity contribution is -0.114. The maximum Gasteiger partial charge on any atom is 0.255 e. The van der Waals surface area contributed by atoms with Crippen LogP contribution in [-0.4, -0.2) is 38.1 Å². The van der Waals surface area contributed by atoms with E-state index in [4.69, 9.17) is 19.9 Å². The number of hydrogen-bond acceptors (Lipinski definition) is 7. The number of rotatable bonds is 10. The van der Waals surface area contributed by atoms with E-state index in [0.29, 0.717) is 45.6 Å². The van der Waals surface area contributed by atoms with Crippen LogP contribution in [0.4, 0.5) is 17.2 Å². The molecule has 0 aliphatic carbocycles. The van der Waals surface area contributed by atoms with Gasteiger partial charge in [0.2, 0.25) is 5.75 Å². The van der Waals surface area contributed by atoms with E-state index in [2.05, 4.69) is 10.3 Å². The van der Waals surface area contributed by atoms with Crippen molar-refractivity contribution in [3.8, 4) is 17.2 Å². The predicted molar refractivity (Wildman–Crippen MR) is 161 cm³/mol. The maximum absolute atomic E-state index is 13.7. The molecular weight excluding hydrogens is 520 g/mol. The highest BCUT2D eigenvalue weighted by molar-refractivity contribution is 6.06. The molecule has 1 heterocycles. The summed E-state index contributed by atoms with van der Waals surface area (Å²) in [4.78, 5) is 32.1. The van der Waals surface area contributed by atoms with Gasteiger partial charge in [0.15, 0.2) is 11.5 Å². The molecule has 4 rings (SSSR count). The molecule has 2 amide bonds. The Morgan fingerprint density at radius 1 is 0.902 bits per heavy atom. The fourth-order valence-electron chi connectivity index (χ4n) is 4.37. The Balaban J connectivity index is 1.63. The molecule has 1 aromatic heterocycles. The Kier molecular flexibility index (Phi) is 9.21. The number of nitrogens with zero attached hydrogens (tertiary/aromatic N) is 2. The number of carbonyl (C=O) groups excluding carboxylic acids is 2. The molecule has 0 spiro atoms. The van der Waals surface area contributed by atoms with Gasteiger partial charge >= 0.3 is 0 Å². The summed E-state index contributed by atoms with van der Waals surface area (Å²) in [5, 5.41) is 2.80. The van der Waals surface area contributed by atoms with Gasteiger partial charge in [-0.3, -0.25) is 9.59 Å². The molecule has 0 radical (unpaired) electrons. The van der Waals surface area contributed by atoms with Gasteiger partial charge in [-0.25, -0.2) is 4.98 Å². The maximum atomic E-state index is 13.7. The van der Waals surface area contributed by atoms with Crippen molar-refractivity contribution < 1.29 is 23.8 Å². The smallest absolute Gasteiger partial charge is 0.255 e. The van der Waals surface area contributed by atoms with Gasteiger partial charge < -0.3 is 30.2 Å². The molecule has 3 aromatic carbocycles. The molecule has 4 aromatic rings. The fraction of sp³-hybridized carbons (Fsp3) is 0.156. The van der Waals surface area contributed by atoms with Crippen LogP contribution in [0, 0.1) is 0 Å². The van der Waals surface area contributed by atoms with Crippen molar-refractivity contribution in [2.45, 2.75) is 13.0 Å². The SMILES string of the molecule is COc1cc(C=CC(=O)N(c2ccc(C(=O)Nc3ccnc(N)c3)cc2)C(C)c2ccccc2)cc(OC)c1OC. The van der Waals surface area contributed by atoms with E-state index >= 15 is 0 Å². The van der Waals surface area contributed by atoms with Crippen LogP contribution >= 0.6 is 0 Å². The lowest BCUT2D eigenvalue weighted by Crippen LogP contribution is -2.32. The number of nitrogens with one attached hydrogen (secondary N) is 1. The van der Waals surface area contributed by atoms with E-state index < -0.39 is 0 Å². The number of carbonyl (C=O) groups is 2. The van der Waals surface area contributed by atoms with Gasteiger partial charge in [0.1, 0.15) is 5.82 Å². The van der Waals surface area contributed by atoms with Gasteiger partial charge in [-0.1, -0.05) is 30.3 Å². The van der Waals surface area contributed by atoms with Crippen molar-refractivity contribution in [1.82, 2.24) is 4.98 Å². The normalized spacial score (nSPS) is 11.5. The highest BCUT2D eigenvalue weighted by atomic mass is 16.5. The molecule has 9 nitrogen and oxygen atoms in total. The zero-order valence-corrected chi connectivity index (χ0v) is 23.3. The number of hydrogen-bond donors (Lipinski definition) is 2. The standard InChI is InChI=1S/C32H32N4O5/c1-21(23-8-6-5-7-9-23)36(30(37)15-10-22-18-27(39-2)31(41-4)28(19-22)40-3)26-13-11-24(12-14-26)32(38)35-25-16-17-34-29(33)20-25/h5-21H,1-4H3,(H3,33,34,35,38). The topological polar surface area (TPSA) is 116 Å². The lowest BCUT2D eigenvalue weighted by atomic mass is 10.0. The van der Waals surface area contributed by atoms with Crippen molar-refractivity contribution in [2.75, 3.05) is 37.3 Å². The van der Waals surface area contributed by atoms with Crippen LogP contribution in [0.3, 0.4) is 0 Å². The van der Waals surface area contributed by atoms with Crippen LogP contribution in [0.2, 0.25) is 0 Å². The summed E-state index contributed by atoms with van der Waals surface area (Å²) in [6, 6.07) is 23.0. The number of aromatic nitrogens is 1. The molecule has 1 unspecified atom stereocenters. The number of ether oxygens (including phenoxy) is 3. The summed E-state index contributed by atoms with van der Waals surface area (Å²) in [6.45, 7) is 1.95. The molecule has 1 atom stereocenters. The Hall–Kier alpha value is -5.31. The molecule has 0 bridgehead atoms. The van der Waals surface area contributed by atoms with E-state index in [-0.39, 0.29) is 17.9 Å². The number of nitrogen functional groups attached to an aromatic ring is 1. The zero-order valence-electron chi connectivity index (χ0n) is 23.3. The number of methoxy groups -OCH3 is 3. The van der Waals surface area contributed by atoms with Crippen LogP contribution in [0.15, 0.2) is 91.1 Å². The quantitative estimate of drug-likeness (QED) is 0.241. The van der Waals surface area contributed by atoms with Gasteiger partial charge in [-0.05, 0) is 66.6 Å². The predicted octanol–water partition coefficient (Wildman–Crippen LogP) is 5.75. The molecule has 0 aliphatic heterocycles. The summed E-state index contributed by atoms with van der Waals surface area (Å²) in [6.07, 6.45) is 4.71. The van der Waals surface area contributed by atoms with Crippen molar-refractivity contribution in [3.05, 3.63) is 108 Å². The third kappa shape index (κ3) is 6.83. The molecule has 210 valence electrons. The first-order valence-corrected chi connectivity index (χ1v) is 12.8. The number of anilines is 3. The lowest BCUT2D eigenvalue weighted by Gasteiger charge is -2.29. The zero-order chi connectivity index (χ0) is 29.4. The van der Waals surface area contributed by atoms with Gasteiger partial charge in [0.25, 0.3) is 11.8 Å². The number of pyridine rings is 1. The van der Waals surface area contributed by atoms with E-state index in [0.717, 1.165) is 5.56 Å². The highest BCUT2D eigenvalue weighted by Crippen LogP contribution is 2.38. The highest BCUT2D eigenvalue weighted by Gasteiger charge is 2.22. The average molecular weight is 553 g/mol. The van der Waals surface area contributed by atoms with E-state index in [1.165, 1.54) is 33.6 Å². The van der Waals surface area contributed by atoms with Crippen LogP contribution in [0.5, 0.6) is 17.2 Å².